The standard InChI is InChI=1S/C13H20N2O4S/c1-2-14-7-9(5-11(14)16)13(19)15-3-4-20-8-10(15)6-12(17)18/h9-10H,2-8H2,1H3,(H,17,18). The molecule has 2 fully saturated rings. The van der Waals surface area contributed by atoms with E-state index in [4.69, 9.17) is 5.11 Å². The van der Waals surface area contributed by atoms with Gasteiger partial charge >= 0.3 is 5.97 Å². The maximum atomic E-state index is 12.5. The van der Waals surface area contributed by atoms with Crippen molar-refractivity contribution >= 4 is 29.5 Å². The molecule has 112 valence electrons. The van der Waals surface area contributed by atoms with Crippen molar-refractivity contribution in [2.24, 2.45) is 5.92 Å². The first-order chi connectivity index (χ1) is 9.52. The highest BCUT2D eigenvalue weighted by Gasteiger charge is 2.38. The molecular weight excluding hydrogens is 280 g/mol. The van der Waals surface area contributed by atoms with Crippen molar-refractivity contribution in [2.75, 3.05) is 31.1 Å². The van der Waals surface area contributed by atoms with Gasteiger partial charge in [0, 0.05) is 37.6 Å². The van der Waals surface area contributed by atoms with Crippen molar-refractivity contribution in [2.45, 2.75) is 25.8 Å². The average Bonchev–Trinajstić information content (AvgIpc) is 2.79. The van der Waals surface area contributed by atoms with Gasteiger partial charge in [-0.05, 0) is 6.92 Å². The highest BCUT2D eigenvalue weighted by Crippen LogP contribution is 2.25. The van der Waals surface area contributed by atoms with Gasteiger partial charge in [0.25, 0.3) is 0 Å². The van der Waals surface area contributed by atoms with Crippen LogP contribution in [0.4, 0.5) is 0 Å². The lowest BCUT2D eigenvalue weighted by molar-refractivity contribution is -0.142. The van der Waals surface area contributed by atoms with Crippen LogP contribution < -0.4 is 0 Å². The third-order valence-electron chi connectivity index (χ3n) is 3.87. The van der Waals surface area contributed by atoms with Gasteiger partial charge < -0.3 is 14.9 Å². The fraction of sp³-hybridized carbons (Fsp3) is 0.769. The lowest BCUT2D eigenvalue weighted by Gasteiger charge is -2.36. The molecule has 2 atom stereocenters. The largest absolute Gasteiger partial charge is 0.481 e. The lowest BCUT2D eigenvalue weighted by atomic mass is 10.0. The van der Waals surface area contributed by atoms with Crippen LogP contribution >= 0.6 is 11.8 Å². The lowest BCUT2D eigenvalue weighted by Crippen LogP contribution is -2.49. The van der Waals surface area contributed by atoms with E-state index >= 15 is 0 Å². The Morgan fingerprint density at radius 3 is 2.80 bits per heavy atom. The van der Waals surface area contributed by atoms with Crippen LogP contribution in [0.5, 0.6) is 0 Å². The molecule has 6 nitrogen and oxygen atoms in total. The molecule has 2 saturated heterocycles. The summed E-state index contributed by atoms with van der Waals surface area (Å²) >= 11 is 1.68. The Hall–Kier alpha value is -1.24. The van der Waals surface area contributed by atoms with Crippen molar-refractivity contribution < 1.29 is 19.5 Å². The number of aliphatic carboxylic acids is 1. The molecule has 7 heteroatoms. The van der Waals surface area contributed by atoms with E-state index in [2.05, 4.69) is 0 Å². The zero-order valence-corrected chi connectivity index (χ0v) is 12.4. The van der Waals surface area contributed by atoms with Gasteiger partial charge in [0.1, 0.15) is 0 Å². The van der Waals surface area contributed by atoms with Crippen LogP contribution in [0, 0.1) is 5.92 Å². The number of carboxylic acid groups (broad SMARTS) is 1. The highest BCUT2D eigenvalue weighted by atomic mass is 32.2. The number of thioether (sulfide) groups is 1. The molecular formula is C13H20N2O4S. The van der Waals surface area contributed by atoms with E-state index in [-0.39, 0.29) is 36.6 Å². The van der Waals surface area contributed by atoms with E-state index in [1.165, 1.54) is 0 Å². The van der Waals surface area contributed by atoms with E-state index in [9.17, 15) is 14.4 Å². The molecule has 2 aliphatic heterocycles. The summed E-state index contributed by atoms with van der Waals surface area (Å²) in [5.41, 5.74) is 0. The van der Waals surface area contributed by atoms with Gasteiger partial charge in [-0.25, -0.2) is 0 Å². The van der Waals surface area contributed by atoms with Crippen molar-refractivity contribution in [1.82, 2.24) is 9.80 Å². The molecule has 2 rings (SSSR count). The summed E-state index contributed by atoms with van der Waals surface area (Å²) in [5.74, 6) is 0.277. The smallest absolute Gasteiger partial charge is 0.305 e. The fourth-order valence-electron chi connectivity index (χ4n) is 2.79. The Morgan fingerprint density at radius 2 is 2.20 bits per heavy atom. The Balaban J connectivity index is 2.03. The maximum absolute atomic E-state index is 12.5. The van der Waals surface area contributed by atoms with Gasteiger partial charge in [-0.15, -0.1) is 0 Å². The van der Waals surface area contributed by atoms with Crippen molar-refractivity contribution in [1.29, 1.82) is 0 Å². The number of carboxylic acids is 1. The average molecular weight is 300 g/mol. The van der Waals surface area contributed by atoms with Crippen LogP contribution in [0.15, 0.2) is 0 Å². The minimum atomic E-state index is -0.881. The topological polar surface area (TPSA) is 77.9 Å². The van der Waals surface area contributed by atoms with E-state index in [0.717, 1.165) is 5.75 Å². The molecule has 2 heterocycles. The van der Waals surface area contributed by atoms with Gasteiger partial charge in [-0.3, -0.25) is 14.4 Å². The number of nitrogens with zero attached hydrogens (tertiary/aromatic N) is 2. The van der Waals surface area contributed by atoms with Crippen LogP contribution in [0.1, 0.15) is 19.8 Å². The third kappa shape index (κ3) is 3.26. The molecule has 2 amide bonds. The predicted molar refractivity (Wildman–Crippen MR) is 75.4 cm³/mol. The number of rotatable bonds is 4. The van der Waals surface area contributed by atoms with Gasteiger partial charge in [-0.2, -0.15) is 11.8 Å². The predicted octanol–water partition coefficient (Wildman–Crippen LogP) is 0.274. The summed E-state index contributed by atoms with van der Waals surface area (Å²) in [6.07, 6.45) is 0.243. The molecule has 0 radical (unpaired) electrons. The van der Waals surface area contributed by atoms with Crippen LogP contribution in [0.25, 0.3) is 0 Å². The van der Waals surface area contributed by atoms with Gasteiger partial charge in [0.2, 0.25) is 11.8 Å². The zero-order valence-electron chi connectivity index (χ0n) is 11.6. The molecule has 0 aliphatic carbocycles. The minimum absolute atomic E-state index is 0.0170. The summed E-state index contributed by atoms with van der Waals surface area (Å²) in [6.45, 7) is 3.57. The summed E-state index contributed by atoms with van der Waals surface area (Å²) in [5, 5.41) is 8.94. The quantitative estimate of drug-likeness (QED) is 0.806. The van der Waals surface area contributed by atoms with Crippen LogP contribution in [-0.2, 0) is 14.4 Å². The summed E-state index contributed by atoms with van der Waals surface area (Å²) in [6, 6.07) is -0.246. The highest BCUT2D eigenvalue weighted by molar-refractivity contribution is 7.99. The van der Waals surface area contributed by atoms with E-state index in [1.54, 1.807) is 21.6 Å². The first kappa shape index (κ1) is 15.2. The Kier molecular flexibility index (Phi) is 4.91. The van der Waals surface area contributed by atoms with Gasteiger partial charge in [0.15, 0.2) is 0 Å². The Labute approximate surface area is 122 Å². The second-order valence-electron chi connectivity index (χ2n) is 5.19. The number of hydrogen-bond acceptors (Lipinski definition) is 4. The number of hydrogen-bond donors (Lipinski definition) is 1. The maximum Gasteiger partial charge on any atom is 0.305 e. The molecule has 0 aromatic carbocycles. The van der Waals surface area contributed by atoms with Gasteiger partial charge in [-0.1, -0.05) is 0 Å². The van der Waals surface area contributed by atoms with Crippen LogP contribution in [0.3, 0.4) is 0 Å². The van der Waals surface area contributed by atoms with E-state index < -0.39 is 5.97 Å². The fourth-order valence-corrected chi connectivity index (χ4v) is 3.86. The minimum Gasteiger partial charge on any atom is -0.481 e. The molecule has 0 bridgehead atoms. The first-order valence-corrected chi connectivity index (χ1v) is 8.06. The number of carbonyl (C=O) groups is 3. The van der Waals surface area contributed by atoms with Crippen LogP contribution in [-0.4, -0.2) is 69.9 Å². The third-order valence-corrected chi connectivity index (χ3v) is 4.96. The number of amides is 2. The van der Waals surface area contributed by atoms with Crippen molar-refractivity contribution in [3.63, 3.8) is 0 Å². The number of carbonyl (C=O) groups excluding carboxylic acids is 2. The summed E-state index contributed by atoms with van der Waals surface area (Å²) in [4.78, 5) is 38.5. The second-order valence-corrected chi connectivity index (χ2v) is 6.34. The number of likely N-dealkylation sites (tertiary alicyclic amines) is 1. The summed E-state index contributed by atoms with van der Waals surface area (Å²) < 4.78 is 0. The van der Waals surface area contributed by atoms with E-state index in [1.807, 2.05) is 6.92 Å². The Morgan fingerprint density at radius 1 is 1.45 bits per heavy atom. The van der Waals surface area contributed by atoms with E-state index in [0.29, 0.717) is 25.4 Å². The summed E-state index contributed by atoms with van der Waals surface area (Å²) in [7, 11) is 0. The first-order valence-electron chi connectivity index (χ1n) is 6.90. The molecule has 0 aromatic heterocycles. The molecule has 2 aliphatic rings. The normalized spacial score (nSPS) is 26.9. The SMILES string of the molecule is CCN1CC(C(=O)N2CCSCC2CC(=O)O)CC1=O. The monoisotopic (exact) mass is 300 g/mol. The molecule has 0 saturated carbocycles. The Bertz CT molecular complexity index is 415. The molecule has 0 spiro atoms. The van der Waals surface area contributed by atoms with Crippen LogP contribution in [0.2, 0.25) is 0 Å². The van der Waals surface area contributed by atoms with Gasteiger partial charge in [0.05, 0.1) is 18.4 Å². The molecule has 2 unspecified atom stereocenters. The molecule has 0 aromatic rings. The van der Waals surface area contributed by atoms with Crippen molar-refractivity contribution in [3.8, 4) is 0 Å². The second kappa shape index (κ2) is 6.47. The molecule has 1 N–H and O–H groups in total. The molecule has 20 heavy (non-hydrogen) atoms. The zero-order chi connectivity index (χ0) is 14.7. The van der Waals surface area contributed by atoms with Crippen molar-refractivity contribution in [3.05, 3.63) is 0 Å².